The normalized spacial score (nSPS) is 23.3. The molecule has 1 amide bonds. The van der Waals surface area contributed by atoms with Crippen LogP contribution in [0, 0.1) is 17.1 Å². The molecule has 0 radical (unpaired) electrons. The van der Waals surface area contributed by atoms with Gasteiger partial charge in [-0.2, -0.15) is 5.26 Å². The highest BCUT2D eigenvalue weighted by Crippen LogP contribution is 2.41. The Hall–Kier alpha value is -4.03. The summed E-state index contributed by atoms with van der Waals surface area (Å²) in [5, 5.41) is 16.3. The molecule has 9 heteroatoms. The van der Waals surface area contributed by atoms with E-state index in [1.165, 1.54) is 63.2 Å². The second kappa shape index (κ2) is 13.2. The number of halogens is 1. The van der Waals surface area contributed by atoms with Crippen molar-refractivity contribution in [1.29, 1.82) is 5.26 Å². The molecule has 2 N–H and O–H groups in total. The average molecular weight is 636 g/mol. The number of hydrogen-bond donors (Lipinski definition) is 2. The summed E-state index contributed by atoms with van der Waals surface area (Å²) in [6.07, 6.45) is 13.2. The SMILES string of the molecule is C[C@@H]1[C@H](NC(=O)c2ccc(C3CC3)cc2F)CCCN1c1cnc(C#N)c(Nc2ccc(C3(C)CCN(C4CCCC4)CC3)cc2)n1. The van der Waals surface area contributed by atoms with Crippen molar-refractivity contribution < 1.29 is 9.18 Å². The van der Waals surface area contributed by atoms with Crippen molar-refractivity contribution in [3.63, 3.8) is 0 Å². The number of likely N-dealkylation sites (tertiary alicyclic amines) is 1. The van der Waals surface area contributed by atoms with Gasteiger partial charge in [0, 0.05) is 30.4 Å². The van der Waals surface area contributed by atoms with Crippen molar-refractivity contribution in [2.24, 2.45) is 0 Å². The molecule has 4 fully saturated rings. The van der Waals surface area contributed by atoms with Crippen LogP contribution in [-0.2, 0) is 5.41 Å². The fraction of sp³-hybridized carbons (Fsp3) is 0.526. The van der Waals surface area contributed by atoms with Crippen LogP contribution in [0.5, 0.6) is 0 Å². The molecule has 2 atom stereocenters. The third-order valence-electron chi connectivity index (χ3n) is 11.3. The number of carbonyl (C=O) groups excluding carboxylic acids is 1. The van der Waals surface area contributed by atoms with Crippen LogP contribution < -0.4 is 15.5 Å². The van der Waals surface area contributed by atoms with E-state index in [1.807, 2.05) is 13.0 Å². The summed E-state index contributed by atoms with van der Waals surface area (Å²) in [4.78, 5) is 27.3. The molecule has 2 saturated heterocycles. The molecule has 0 bridgehead atoms. The van der Waals surface area contributed by atoms with Crippen LogP contribution >= 0.6 is 0 Å². The molecule has 3 aromatic rings. The van der Waals surface area contributed by atoms with Crippen molar-refractivity contribution >= 4 is 23.2 Å². The summed E-state index contributed by atoms with van der Waals surface area (Å²) in [6.45, 7) is 7.50. The monoisotopic (exact) mass is 635 g/mol. The molecule has 1 aromatic heterocycles. The van der Waals surface area contributed by atoms with Crippen molar-refractivity contribution in [2.75, 3.05) is 29.9 Å². The van der Waals surface area contributed by atoms with E-state index in [9.17, 15) is 14.4 Å². The lowest BCUT2D eigenvalue weighted by molar-refractivity contribution is 0.0920. The standard InChI is InChI=1S/C38H46FN7O/c1-25-33(43-37(47)31-16-11-27(22-32(31)39)26-9-10-26)8-5-19-46(25)35-24-41-34(23-40)36(44-35)42-29-14-12-28(13-15-29)38(2)17-20-45(21-18-38)30-6-3-4-7-30/h11-16,22,24-26,30,33H,3-10,17-21H2,1-2H3,(H,42,44)(H,43,47)/t25-,33-/m1/s1. The molecule has 2 aliphatic carbocycles. The molecule has 2 saturated carbocycles. The third-order valence-corrected chi connectivity index (χ3v) is 11.3. The quantitative estimate of drug-likeness (QED) is 0.270. The number of aromatic nitrogens is 2. The highest BCUT2D eigenvalue weighted by molar-refractivity contribution is 5.94. The Morgan fingerprint density at radius 1 is 1.00 bits per heavy atom. The Balaban J connectivity index is 1.01. The molecule has 2 aromatic carbocycles. The molecule has 8 nitrogen and oxygen atoms in total. The Labute approximate surface area is 277 Å². The predicted octanol–water partition coefficient (Wildman–Crippen LogP) is 7.19. The van der Waals surface area contributed by atoms with Crippen LogP contribution in [-0.4, -0.2) is 58.5 Å². The molecular weight excluding hydrogens is 589 g/mol. The summed E-state index contributed by atoms with van der Waals surface area (Å²) < 4.78 is 14.9. The van der Waals surface area contributed by atoms with Crippen LogP contribution in [0.2, 0.25) is 0 Å². The van der Waals surface area contributed by atoms with Gasteiger partial charge in [-0.3, -0.25) is 4.79 Å². The summed E-state index contributed by atoms with van der Waals surface area (Å²) in [5.74, 6) is 0.612. The first kappa shape index (κ1) is 31.6. The smallest absolute Gasteiger partial charge is 0.254 e. The maximum Gasteiger partial charge on any atom is 0.254 e. The number of nitrogens with zero attached hydrogens (tertiary/aromatic N) is 5. The first-order valence-electron chi connectivity index (χ1n) is 17.6. The van der Waals surface area contributed by atoms with E-state index in [4.69, 9.17) is 4.98 Å². The average Bonchev–Trinajstić information content (AvgIpc) is 3.80. The van der Waals surface area contributed by atoms with E-state index < -0.39 is 11.7 Å². The largest absolute Gasteiger partial charge is 0.351 e. The van der Waals surface area contributed by atoms with Gasteiger partial charge in [-0.1, -0.05) is 38.0 Å². The van der Waals surface area contributed by atoms with E-state index in [2.05, 4.69) is 62.7 Å². The summed E-state index contributed by atoms with van der Waals surface area (Å²) in [7, 11) is 0. The van der Waals surface area contributed by atoms with Crippen LogP contribution in [0.3, 0.4) is 0 Å². The first-order chi connectivity index (χ1) is 22.8. The van der Waals surface area contributed by atoms with Gasteiger partial charge in [-0.15, -0.1) is 0 Å². The van der Waals surface area contributed by atoms with Gasteiger partial charge in [0.1, 0.15) is 17.7 Å². The second-order valence-corrected chi connectivity index (χ2v) is 14.4. The molecule has 4 aliphatic rings. The molecular formula is C38H46FN7O. The summed E-state index contributed by atoms with van der Waals surface area (Å²) >= 11 is 0. The van der Waals surface area contributed by atoms with Gasteiger partial charge in [0.25, 0.3) is 5.91 Å². The van der Waals surface area contributed by atoms with E-state index in [0.29, 0.717) is 17.6 Å². The number of amides is 1. The highest BCUT2D eigenvalue weighted by Gasteiger charge is 2.35. The zero-order valence-corrected chi connectivity index (χ0v) is 27.6. The number of carbonyl (C=O) groups is 1. The minimum atomic E-state index is -0.465. The maximum absolute atomic E-state index is 14.9. The number of anilines is 3. The van der Waals surface area contributed by atoms with Gasteiger partial charge in [0.2, 0.25) is 0 Å². The summed E-state index contributed by atoms with van der Waals surface area (Å²) in [6, 6.07) is 16.2. The van der Waals surface area contributed by atoms with Crippen molar-refractivity contribution in [3.05, 3.63) is 76.9 Å². The molecule has 0 unspecified atom stereocenters. The Morgan fingerprint density at radius 2 is 1.74 bits per heavy atom. The van der Waals surface area contributed by atoms with E-state index >= 15 is 0 Å². The molecule has 0 spiro atoms. The third kappa shape index (κ3) is 6.71. The zero-order chi connectivity index (χ0) is 32.5. The van der Waals surface area contributed by atoms with Crippen LogP contribution in [0.25, 0.3) is 0 Å². The van der Waals surface area contributed by atoms with Gasteiger partial charge in [-0.05, 0) is 118 Å². The highest BCUT2D eigenvalue weighted by atomic mass is 19.1. The maximum atomic E-state index is 14.9. The predicted molar refractivity (Wildman–Crippen MR) is 183 cm³/mol. The van der Waals surface area contributed by atoms with E-state index in [0.717, 1.165) is 49.5 Å². The van der Waals surface area contributed by atoms with Crippen molar-refractivity contribution in [3.8, 4) is 6.07 Å². The van der Waals surface area contributed by atoms with Gasteiger partial charge in [-0.25, -0.2) is 14.4 Å². The lowest BCUT2D eigenvalue weighted by Crippen LogP contribution is -2.54. The summed E-state index contributed by atoms with van der Waals surface area (Å²) in [5.41, 5.74) is 3.65. The lowest BCUT2D eigenvalue weighted by Gasteiger charge is -2.42. The molecule has 7 rings (SSSR count). The van der Waals surface area contributed by atoms with Crippen LogP contribution in [0.1, 0.15) is 111 Å². The fourth-order valence-corrected chi connectivity index (χ4v) is 8.01. The molecule has 47 heavy (non-hydrogen) atoms. The minimum Gasteiger partial charge on any atom is -0.351 e. The number of nitriles is 1. The first-order valence-corrected chi connectivity index (χ1v) is 17.6. The zero-order valence-electron chi connectivity index (χ0n) is 27.6. The number of hydrogen-bond acceptors (Lipinski definition) is 7. The Bertz CT molecular complexity index is 1630. The molecule has 2 aliphatic heterocycles. The Morgan fingerprint density at radius 3 is 2.43 bits per heavy atom. The number of nitrogens with one attached hydrogen (secondary N) is 2. The second-order valence-electron chi connectivity index (χ2n) is 14.4. The molecule has 246 valence electrons. The lowest BCUT2D eigenvalue weighted by atomic mass is 9.74. The topological polar surface area (TPSA) is 97.2 Å². The minimum absolute atomic E-state index is 0.0814. The number of piperidine rings is 2. The van der Waals surface area contributed by atoms with E-state index in [-0.39, 0.29) is 28.8 Å². The van der Waals surface area contributed by atoms with E-state index in [1.54, 1.807) is 12.3 Å². The van der Waals surface area contributed by atoms with Crippen LogP contribution in [0.4, 0.5) is 21.7 Å². The Kier molecular flexibility index (Phi) is 8.89. The molecule has 3 heterocycles. The van der Waals surface area contributed by atoms with Gasteiger partial charge in [0.15, 0.2) is 11.5 Å². The van der Waals surface area contributed by atoms with Crippen molar-refractivity contribution in [2.45, 2.75) is 108 Å². The van der Waals surface area contributed by atoms with Gasteiger partial charge >= 0.3 is 0 Å². The van der Waals surface area contributed by atoms with Crippen LogP contribution in [0.15, 0.2) is 48.7 Å². The number of benzene rings is 2. The number of rotatable bonds is 8. The van der Waals surface area contributed by atoms with Gasteiger partial charge in [0.05, 0.1) is 11.8 Å². The van der Waals surface area contributed by atoms with Gasteiger partial charge < -0.3 is 20.4 Å². The van der Waals surface area contributed by atoms with Crippen molar-refractivity contribution in [1.82, 2.24) is 20.2 Å². The fourth-order valence-electron chi connectivity index (χ4n) is 8.01.